The second-order valence-electron chi connectivity index (χ2n) is 7.81. The molecule has 12 nitrogen and oxygen atoms in total. The minimum Gasteiger partial charge on any atom is -0.340 e. The maximum atomic E-state index is 13.1. The quantitative estimate of drug-likeness (QED) is 0.579. The summed E-state index contributed by atoms with van der Waals surface area (Å²) in [4.78, 5) is 40.5. The van der Waals surface area contributed by atoms with Crippen LogP contribution in [0.15, 0.2) is 30.6 Å². The zero-order valence-corrected chi connectivity index (χ0v) is 17.7. The summed E-state index contributed by atoms with van der Waals surface area (Å²) in [5.41, 5.74) is -0.275. The van der Waals surface area contributed by atoms with Crippen LogP contribution in [0.5, 0.6) is 0 Å². The Hall–Kier alpha value is -3.35. The van der Waals surface area contributed by atoms with E-state index in [0.29, 0.717) is 17.7 Å². The van der Waals surface area contributed by atoms with E-state index in [1.54, 1.807) is 31.2 Å². The van der Waals surface area contributed by atoms with Gasteiger partial charge in [-0.2, -0.15) is 0 Å². The van der Waals surface area contributed by atoms with Gasteiger partial charge < -0.3 is 10.2 Å². The van der Waals surface area contributed by atoms with Gasteiger partial charge in [-0.1, -0.05) is 12.1 Å². The molecule has 1 aromatic heterocycles. The Labute approximate surface area is 178 Å². The van der Waals surface area contributed by atoms with Crippen molar-refractivity contribution in [1.29, 1.82) is 0 Å². The van der Waals surface area contributed by atoms with Gasteiger partial charge in [-0.3, -0.25) is 14.5 Å². The Balaban J connectivity index is 1.52. The third-order valence-corrected chi connectivity index (χ3v) is 7.51. The zero-order chi connectivity index (χ0) is 22.4. The lowest BCUT2D eigenvalue weighted by molar-refractivity contribution is -0.139. The minimum absolute atomic E-state index is 0.0219. The van der Waals surface area contributed by atoms with Gasteiger partial charge in [0.1, 0.15) is 18.4 Å². The van der Waals surface area contributed by atoms with E-state index in [-0.39, 0.29) is 11.5 Å². The molecule has 2 atom stereocenters. The molecule has 0 saturated carbocycles. The molecule has 31 heavy (non-hydrogen) atoms. The first-order chi connectivity index (χ1) is 14.6. The smallest absolute Gasteiger partial charge is 0.325 e. The summed E-state index contributed by atoms with van der Waals surface area (Å²) >= 11 is 0. The number of urea groups is 1. The molecule has 0 aliphatic carbocycles. The molecule has 1 N–H and O–H groups in total. The van der Waals surface area contributed by atoms with E-state index >= 15 is 0 Å². The van der Waals surface area contributed by atoms with Crippen molar-refractivity contribution in [3.8, 4) is 5.69 Å². The number of hydrogen-bond donors (Lipinski definition) is 1. The first-order valence-corrected chi connectivity index (χ1v) is 11.4. The molecule has 2 aliphatic rings. The van der Waals surface area contributed by atoms with Gasteiger partial charge in [-0.25, -0.2) is 17.9 Å². The number of tetrazole rings is 1. The number of hydrogen-bond acceptors (Lipinski definition) is 8. The predicted molar refractivity (Wildman–Crippen MR) is 107 cm³/mol. The summed E-state index contributed by atoms with van der Waals surface area (Å²) < 4.78 is 24.8. The van der Waals surface area contributed by atoms with Crippen molar-refractivity contribution in [2.24, 2.45) is 0 Å². The Bertz CT molecular complexity index is 1150. The first kappa shape index (κ1) is 20.9. The summed E-state index contributed by atoms with van der Waals surface area (Å²) in [6.07, 6.45) is 1.74. The van der Waals surface area contributed by atoms with Crippen molar-refractivity contribution in [3.63, 3.8) is 0 Å². The average molecular weight is 447 g/mol. The summed E-state index contributed by atoms with van der Waals surface area (Å²) in [7, 11) is -1.68. The minimum atomic E-state index is -3.17. The first-order valence-electron chi connectivity index (χ1n) is 9.55. The number of likely N-dealkylation sites (N-methyl/N-ethyl adjacent to an activating group) is 1. The number of imide groups is 1. The molecule has 1 aromatic carbocycles. The Morgan fingerprint density at radius 3 is 2.77 bits per heavy atom. The van der Waals surface area contributed by atoms with Crippen LogP contribution < -0.4 is 5.32 Å². The van der Waals surface area contributed by atoms with E-state index in [2.05, 4.69) is 20.8 Å². The van der Waals surface area contributed by atoms with E-state index in [9.17, 15) is 22.8 Å². The van der Waals surface area contributed by atoms with E-state index in [1.807, 2.05) is 0 Å². The monoisotopic (exact) mass is 447 g/mol. The van der Waals surface area contributed by atoms with Gasteiger partial charge in [0.2, 0.25) is 5.91 Å². The van der Waals surface area contributed by atoms with Crippen molar-refractivity contribution >= 4 is 27.7 Å². The van der Waals surface area contributed by atoms with Crippen molar-refractivity contribution in [2.75, 3.05) is 25.1 Å². The van der Waals surface area contributed by atoms with Crippen molar-refractivity contribution in [1.82, 2.24) is 35.3 Å². The lowest BCUT2D eigenvalue weighted by Gasteiger charge is -2.26. The fourth-order valence-electron chi connectivity index (χ4n) is 3.81. The summed E-state index contributed by atoms with van der Waals surface area (Å²) in [6.45, 7) is 1.09. The number of nitrogens with one attached hydrogen (secondary N) is 1. The highest BCUT2D eigenvalue weighted by Crippen LogP contribution is 2.30. The van der Waals surface area contributed by atoms with Gasteiger partial charge in [-0.05, 0) is 41.5 Å². The molecule has 3 heterocycles. The molecule has 2 aromatic rings. The number of sulfone groups is 1. The van der Waals surface area contributed by atoms with Crippen LogP contribution in [0.25, 0.3) is 5.69 Å². The molecule has 0 bridgehead atoms. The van der Waals surface area contributed by atoms with Crippen LogP contribution in [0.2, 0.25) is 0 Å². The fraction of sp³-hybridized carbons (Fsp3) is 0.444. The summed E-state index contributed by atoms with van der Waals surface area (Å²) in [5, 5.41) is 13.6. The van der Waals surface area contributed by atoms with Crippen molar-refractivity contribution in [2.45, 2.75) is 24.9 Å². The van der Waals surface area contributed by atoms with Crippen LogP contribution in [0.4, 0.5) is 4.79 Å². The average Bonchev–Trinajstić information content (AvgIpc) is 3.44. The molecule has 2 saturated heterocycles. The highest BCUT2D eigenvalue weighted by atomic mass is 32.2. The number of nitrogens with zero attached hydrogens (tertiary/aromatic N) is 6. The molecule has 4 rings (SSSR count). The number of carbonyl (C=O) groups is 3. The number of rotatable bonds is 5. The molecular formula is C18H21N7O5S. The Morgan fingerprint density at radius 2 is 2.13 bits per heavy atom. The van der Waals surface area contributed by atoms with E-state index in [4.69, 9.17) is 0 Å². The highest BCUT2D eigenvalue weighted by Gasteiger charge is 2.50. The van der Waals surface area contributed by atoms with E-state index in [1.165, 1.54) is 23.0 Å². The lowest BCUT2D eigenvalue weighted by Crippen LogP contribution is -2.46. The van der Waals surface area contributed by atoms with Crippen LogP contribution in [0, 0.1) is 0 Å². The molecule has 4 amide bonds. The molecule has 2 aliphatic heterocycles. The maximum absolute atomic E-state index is 13.1. The van der Waals surface area contributed by atoms with Crippen LogP contribution >= 0.6 is 0 Å². The second kappa shape index (κ2) is 7.41. The molecule has 13 heteroatoms. The molecule has 0 spiro atoms. The second-order valence-corrected chi connectivity index (χ2v) is 10.0. The van der Waals surface area contributed by atoms with Crippen molar-refractivity contribution < 1.29 is 22.8 Å². The standard InChI is InChI=1S/C18H21N7O5S/c1-18(12-4-3-5-13(8-12)25-11-19-21-22-25)16(27)24(17(28)20-18)9-15(26)23(2)14-6-7-31(29,30)10-14/h3-5,8,11,14H,6-7,9-10H2,1-2H3,(H,20,28)/t14-,18+/m0/s1. The largest absolute Gasteiger partial charge is 0.340 e. The lowest BCUT2D eigenvalue weighted by atomic mass is 9.91. The third-order valence-electron chi connectivity index (χ3n) is 5.75. The van der Waals surface area contributed by atoms with Crippen LogP contribution in [0.3, 0.4) is 0 Å². The van der Waals surface area contributed by atoms with Crippen LogP contribution in [0.1, 0.15) is 18.9 Å². The van der Waals surface area contributed by atoms with Crippen LogP contribution in [-0.4, -0.2) is 87.4 Å². The van der Waals surface area contributed by atoms with Crippen LogP contribution in [-0.2, 0) is 25.0 Å². The number of carbonyl (C=O) groups excluding carboxylic acids is 3. The predicted octanol–water partition coefficient (Wildman–Crippen LogP) is -0.925. The molecule has 0 unspecified atom stereocenters. The van der Waals surface area contributed by atoms with E-state index in [0.717, 1.165) is 4.90 Å². The van der Waals surface area contributed by atoms with Gasteiger partial charge >= 0.3 is 6.03 Å². The van der Waals surface area contributed by atoms with Gasteiger partial charge in [0.15, 0.2) is 9.84 Å². The normalized spacial score (nSPS) is 25.0. The summed E-state index contributed by atoms with van der Waals surface area (Å²) in [5.74, 6) is -1.17. The van der Waals surface area contributed by atoms with Gasteiger partial charge in [-0.15, -0.1) is 5.10 Å². The number of amides is 4. The Morgan fingerprint density at radius 1 is 1.35 bits per heavy atom. The molecule has 0 radical (unpaired) electrons. The summed E-state index contributed by atoms with van der Waals surface area (Å²) in [6, 6.07) is 5.66. The van der Waals surface area contributed by atoms with Crippen molar-refractivity contribution in [3.05, 3.63) is 36.2 Å². The maximum Gasteiger partial charge on any atom is 0.325 e. The molecular weight excluding hydrogens is 426 g/mol. The Kier molecular flexibility index (Phi) is 5.00. The fourth-order valence-corrected chi connectivity index (χ4v) is 5.58. The zero-order valence-electron chi connectivity index (χ0n) is 16.9. The van der Waals surface area contributed by atoms with Gasteiger partial charge in [0.05, 0.1) is 17.2 Å². The highest BCUT2D eigenvalue weighted by molar-refractivity contribution is 7.91. The molecule has 164 valence electrons. The molecule has 2 fully saturated rings. The van der Waals surface area contributed by atoms with E-state index < -0.39 is 45.8 Å². The number of aromatic nitrogens is 4. The van der Waals surface area contributed by atoms with Gasteiger partial charge in [0.25, 0.3) is 5.91 Å². The van der Waals surface area contributed by atoms with Gasteiger partial charge in [0, 0.05) is 13.1 Å². The third kappa shape index (κ3) is 3.76. The SMILES string of the molecule is CN(C(=O)CN1C(=O)N[C@](C)(c2cccc(-n3cnnn3)c2)C1=O)[C@H]1CCS(=O)(=O)C1. The number of benzene rings is 1. The topological polar surface area (TPSA) is 147 Å².